The molecule has 0 aliphatic rings. The van der Waals surface area contributed by atoms with Gasteiger partial charge in [0.15, 0.2) is 0 Å². The third-order valence-corrected chi connectivity index (χ3v) is 4.45. The zero-order valence-corrected chi connectivity index (χ0v) is 15.5. The van der Waals surface area contributed by atoms with E-state index in [1.807, 2.05) is 36.4 Å². The van der Waals surface area contributed by atoms with Crippen molar-refractivity contribution in [3.05, 3.63) is 59.7 Å². The first-order valence-corrected chi connectivity index (χ1v) is 9.40. The van der Waals surface area contributed by atoms with E-state index in [4.69, 9.17) is 4.98 Å². The van der Waals surface area contributed by atoms with Gasteiger partial charge in [-0.25, -0.2) is 4.98 Å². The lowest BCUT2D eigenvalue weighted by atomic mass is 10.2. The Kier molecular flexibility index (Phi) is 6.00. The van der Waals surface area contributed by atoms with Gasteiger partial charge in [-0.2, -0.15) is 0 Å². The van der Waals surface area contributed by atoms with E-state index in [1.165, 1.54) is 0 Å². The van der Waals surface area contributed by atoms with Crippen LogP contribution in [0, 0.1) is 0 Å². The highest BCUT2D eigenvalue weighted by atomic mass is 16.1. The number of carbonyl (C=O) groups excluding carboxylic acids is 1. The summed E-state index contributed by atoms with van der Waals surface area (Å²) in [5.41, 5.74) is 3.52. The van der Waals surface area contributed by atoms with Crippen molar-refractivity contribution in [1.82, 2.24) is 19.9 Å². The molecule has 0 atom stereocenters. The van der Waals surface area contributed by atoms with Crippen LogP contribution in [0.4, 0.5) is 0 Å². The first kappa shape index (κ1) is 18.1. The third-order valence-electron chi connectivity index (χ3n) is 4.45. The second-order valence-electron chi connectivity index (χ2n) is 6.49. The molecule has 3 aromatic rings. The molecule has 1 amide bonds. The topological polar surface area (TPSA) is 59.8 Å². The van der Waals surface area contributed by atoms with E-state index in [0.29, 0.717) is 12.1 Å². The number of nitrogens with one attached hydrogen (secondary N) is 1. The Balaban J connectivity index is 1.83. The standard InChI is InChI=1S/C21H26N4O/c1-3-5-13-25-19-14-16(10-11-18(19)24-20(25)8-4-2)21(26)23-15-17-9-6-7-12-22-17/h6-7,9-12,14H,3-5,8,13,15H2,1-2H3,(H,23,26). The fourth-order valence-electron chi connectivity index (χ4n) is 3.07. The number of aryl methyl sites for hydroxylation is 2. The molecule has 2 aromatic heterocycles. The van der Waals surface area contributed by atoms with Crippen LogP contribution in [0.25, 0.3) is 11.0 Å². The van der Waals surface area contributed by atoms with E-state index in [2.05, 4.69) is 28.7 Å². The van der Waals surface area contributed by atoms with E-state index in [0.717, 1.165) is 54.8 Å². The average Bonchev–Trinajstić information content (AvgIpc) is 3.02. The zero-order chi connectivity index (χ0) is 18.4. The molecule has 0 radical (unpaired) electrons. The second kappa shape index (κ2) is 8.61. The molecule has 26 heavy (non-hydrogen) atoms. The van der Waals surface area contributed by atoms with Crippen LogP contribution in [-0.4, -0.2) is 20.4 Å². The van der Waals surface area contributed by atoms with Crippen molar-refractivity contribution >= 4 is 16.9 Å². The van der Waals surface area contributed by atoms with Crippen molar-refractivity contribution in [3.8, 4) is 0 Å². The van der Waals surface area contributed by atoms with Gasteiger partial charge in [0.05, 0.1) is 23.3 Å². The average molecular weight is 350 g/mol. The van der Waals surface area contributed by atoms with Crippen molar-refractivity contribution in [3.63, 3.8) is 0 Å². The number of benzene rings is 1. The Morgan fingerprint density at radius 2 is 2.04 bits per heavy atom. The number of aromatic nitrogens is 3. The zero-order valence-electron chi connectivity index (χ0n) is 15.5. The van der Waals surface area contributed by atoms with Crippen LogP contribution < -0.4 is 5.32 Å². The number of pyridine rings is 1. The monoisotopic (exact) mass is 350 g/mol. The van der Waals surface area contributed by atoms with Gasteiger partial charge in [-0.15, -0.1) is 0 Å². The number of hydrogen-bond donors (Lipinski definition) is 1. The lowest BCUT2D eigenvalue weighted by molar-refractivity contribution is 0.0950. The first-order valence-electron chi connectivity index (χ1n) is 9.40. The number of carbonyl (C=O) groups is 1. The van der Waals surface area contributed by atoms with E-state index in [9.17, 15) is 4.79 Å². The van der Waals surface area contributed by atoms with Crippen LogP contribution in [0.3, 0.4) is 0 Å². The van der Waals surface area contributed by atoms with E-state index < -0.39 is 0 Å². The summed E-state index contributed by atoms with van der Waals surface area (Å²) < 4.78 is 2.28. The van der Waals surface area contributed by atoms with Crippen LogP contribution in [0.15, 0.2) is 42.6 Å². The highest BCUT2D eigenvalue weighted by molar-refractivity contribution is 5.97. The number of imidazole rings is 1. The van der Waals surface area contributed by atoms with E-state index in [-0.39, 0.29) is 5.91 Å². The van der Waals surface area contributed by atoms with Crippen molar-refractivity contribution in [2.24, 2.45) is 0 Å². The molecule has 0 spiro atoms. The van der Waals surface area contributed by atoms with Crippen molar-refractivity contribution < 1.29 is 4.79 Å². The quantitative estimate of drug-likeness (QED) is 0.665. The molecule has 136 valence electrons. The minimum Gasteiger partial charge on any atom is -0.346 e. The lowest BCUT2D eigenvalue weighted by Gasteiger charge is -2.09. The van der Waals surface area contributed by atoms with Gasteiger partial charge in [-0.1, -0.05) is 26.3 Å². The number of nitrogens with zero attached hydrogens (tertiary/aromatic N) is 3. The van der Waals surface area contributed by atoms with Gasteiger partial charge in [0.1, 0.15) is 5.82 Å². The number of unbranched alkanes of at least 4 members (excludes halogenated alkanes) is 1. The van der Waals surface area contributed by atoms with Gasteiger partial charge in [0, 0.05) is 24.7 Å². The van der Waals surface area contributed by atoms with Crippen LogP contribution in [0.5, 0.6) is 0 Å². The Labute approximate surface area is 154 Å². The summed E-state index contributed by atoms with van der Waals surface area (Å²) in [5.74, 6) is 1.03. The minimum atomic E-state index is -0.0853. The molecule has 0 saturated heterocycles. The van der Waals surface area contributed by atoms with Crippen LogP contribution in [0.2, 0.25) is 0 Å². The van der Waals surface area contributed by atoms with Crippen molar-refractivity contribution in [2.75, 3.05) is 0 Å². The molecule has 0 aliphatic carbocycles. The number of rotatable bonds is 8. The number of hydrogen-bond acceptors (Lipinski definition) is 3. The molecule has 3 rings (SSSR count). The smallest absolute Gasteiger partial charge is 0.251 e. The number of amides is 1. The number of fused-ring (bicyclic) bond motifs is 1. The molecule has 0 bridgehead atoms. The fourth-order valence-corrected chi connectivity index (χ4v) is 3.07. The van der Waals surface area contributed by atoms with Crippen LogP contribution in [0.1, 0.15) is 55.0 Å². The minimum absolute atomic E-state index is 0.0853. The molecule has 0 unspecified atom stereocenters. The summed E-state index contributed by atoms with van der Waals surface area (Å²) in [6.45, 7) is 5.73. The third kappa shape index (κ3) is 4.10. The Morgan fingerprint density at radius 1 is 1.15 bits per heavy atom. The molecular formula is C21H26N4O. The summed E-state index contributed by atoms with van der Waals surface area (Å²) in [6, 6.07) is 11.5. The molecule has 0 saturated carbocycles. The highest BCUT2D eigenvalue weighted by Gasteiger charge is 2.13. The maximum absolute atomic E-state index is 12.6. The normalized spacial score (nSPS) is 11.0. The molecule has 0 fully saturated rings. The summed E-state index contributed by atoms with van der Waals surface area (Å²) in [6.07, 6.45) is 6.00. The van der Waals surface area contributed by atoms with Crippen molar-refractivity contribution in [1.29, 1.82) is 0 Å². The van der Waals surface area contributed by atoms with Gasteiger partial charge in [0.25, 0.3) is 5.91 Å². The summed E-state index contributed by atoms with van der Waals surface area (Å²) in [7, 11) is 0. The fraction of sp³-hybridized carbons (Fsp3) is 0.381. The first-order chi connectivity index (χ1) is 12.7. The van der Waals surface area contributed by atoms with Gasteiger partial charge in [-0.3, -0.25) is 9.78 Å². The maximum atomic E-state index is 12.6. The predicted octanol–water partition coefficient (Wildman–Crippen LogP) is 4.11. The SMILES string of the molecule is CCCCn1c(CCC)nc2ccc(C(=O)NCc3ccccn3)cc21. The van der Waals surface area contributed by atoms with E-state index >= 15 is 0 Å². The van der Waals surface area contributed by atoms with E-state index in [1.54, 1.807) is 6.20 Å². The molecule has 2 heterocycles. The molecule has 1 N–H and O–H groups in total. The summed E-state index contributed by atoms with van der Waals surface area (Å²) in [5, 5.41) is 2.94. The van der Waals surface area contributed by atoms with Crippen LogP contribution in [-0.2, 0) is 19.5 Å². The second-order valence-corrected chi connectivity index (χ2v) is 6.49. The Bertz CT molecular complexity index is 870. The molecular weight excluding hydrogens is 324 g/mol. The maximum Gasteiger partial charge on any atom is 0.251 e. The predicted molar refractivity (Wildman–Crippen MR) is 104 cm³/mol. The van der Waals surface area contributed by atoms with Gasteiger partial charge < -0.3 is 9.88 Å². The van der Waals surface area contributed by atoms with Crippen molar-refractivity contribution in [2.45, 2.75) is 52.6 Å². The molecule has 1 aromatic carbocycles. The summed E-state index contributed by atoms with van der Waals surface area (Å²) >= 11 is 0. The van der Waals surface area contributed by atoms with Gasteiger partial charge in [0.2, 0.25) is 0 Å². The summed E-state index contributed by atoms with van der Waals surface area (Å²) in [4.78, 5) is 21.6. The van der Waals surface area contributed by atoms with Gasteiger partial charge in [-0.05, 0) is 43.2 Å². The highest BCUT2D eigenvalue weighted by Crippen LogP contribution is 2.20. The Hall–Kier alpha value is -2.69. The van der Waals surface area contributed by atoms with Crippen LogP contribution >= 0.6 is 0 Å². The van der Waals surface area contributed by atoms with Gasteiger partial charge >= 0.3 is 0 Å². The molecule has 5 nitrogen and oxygen atoms in total. The molecule has 0 aliphatic heterocycles. The lowest BCUT2D eigenvalue weighted by Crippen LogP contribution is -2.23. The largest absolute Gasteiger partial charge is 0.346 e. The Morgan fingerprint density at radius 3 is 2.77 bits per heavy atom. The molecule has 5 heteroatoms.